The Hall–Kier alpha value is -0.430. The van der Waals surface area contributed by atoms with Crippen LogP contribution in [0.25, 0.3) is 0 Å². The van der Waals surface area contributed by atoms with E-state index < -0.39 is 10.0 Å². The van der Waals surface area contributed by atoms with Gasteiger partial charge in [0.1, 0.15) is 0 Å². The summed E-state index contributed by atoms with van der Waals surface area (Å²) >= 11 is 1.53. The Labute approximate surface area is 132 Å². The molecule has 0 radical (unpaired) electrons. The van der Waals surface area contributed by atoms with E-state index in [4.69, 9.17) is 0 Å². The van der Waals surface area contributed by atoms with Gasteiger partial charge in [-0.25, -0.2) is 8.42 Å². The molecule has 0 amide bonds. The molecule has 1 unspecified atom stereocenters. The summed E-state index contributed by atoms with van der Waals surface area (Å²) in [6.45, 7) is 7.19. The smallest absolute Gasteiger partial charge is 0.244 e. The van der Waals surface area contributed by atoms with Crippen molar-refractivity contribution in [1.82, 2.24) is 9.62 Å². The number of rotatable bonds is 8. The Bertz CT molecular complexity index is 540. The topological polar surface area (TPSA) is 49.4 Å². The van der Waals surface area contributed by atoms with Gasteiger partial charge in [-0.1, -0.05) is 20.3 Å². The molecule has 2 rings (SSSR count). The van der Waals surface area contributed by atoms with Gasteiger partial charge in [-0.3, -0.25) is 0 Å². The van der Waals surface area contributed by atoms with E-state index in [1.807, 2.05) is 5.38 Å². The maximum atomic E-state index is 12.8. The van der Waals surface area contributed by atoms with Crippen molar-refractivity contribution in [1.29, 1.82) is 0 Å². The molecule has 0 bridgehead atoms. The average Bonchev–Trinajstić information content (AvgIpc) is 3.09. The number of hydrogen-bond donors (Lipinski definition) is 1. The van der Waals surface area contributed by atoms with Crippen LogP contribution in [0.5, 0.6) is 0 Å². The van der Waals surface area contributed by atoms with E-state index in [1.165, 1.54) is 11.3 Å². The summed E-state index contributed by atoms with van der Waals surface area (Å²) in [5.74, 6) is 0.532. The fourth-order valence-electron chi connectivity index (χ4n) is 2.86. The van der Waals surface area contributed by atoms with Crippen molar-refractivity contribution < 1.29 is 8.42 Å². The molecule has 4 nitrogen and oxygen atoms in total. The van der Waals surface area contributed by atoms with Crippen molar-refractivity contribution in [3.63, 3.8) is 0 Å². The molecule has 1 N–H and O–H groups in total. The zero-order chi connectivity index (χ0) is 15.3. The van der Waals surface area contributed by atoms with Crippen molar-refractivity contribution in [3.05, 3.63) is 16.3 Å². The number of hydrogen-bond acceptors (Lipinski definition) is 4. The van der Waals surface area contributed by atoms with Gasteiger partial charge in [-0.2, -0.15) is 4.31 Å². The van der Waals surface area contributed by atoms with Gasteiger partial charge < -0.3 is 5.32 Å². The molecule has 1 saturated heterocycles. The van der Waals surface area contributed by atoms with Crippen LogP contribution in [0.15, 0.2) is 16.3 Å². The monoisotopic (exact) mass is 330 g/mol. The quantitative estimate of drug-likeness (QED) is 0.745. The first-order valence-electron chi connectivity index (χ1n) is 7.86. The number of nitrogens with one attached hydrogen (secondary N) is 1. The lowest BCUT2D eigenvalue weighted by Gasteiger charge is -2.17. The predicted molar refractivity (Wildman–Crippen MR) is 88.1 cm³/mol. The fourth-order valence-corrected chi connectivity index (χ4v) is 5.78. The minimum absolute atomic E-state index is 0.508. The Morgan fingerprint density at radius 2 is 2.19 bits per heavy atom. The Morgan fingerprint density at radius 1 is 1.38 bits per heavy atom. The highest BCUT2D eigenvalue weighted by Gasteiger charge is 2.33. The molecule has 1 aromatic rings. The van der Waals surface area contributed by atoms with Crippen LogP contribution < -0.4 is 5.32 Å². The van der Waals surface area contributed by atoms with E-state index >= 15 is 0 Å². The van der Waals surface area contributed by atoms with E-state index in [-0.39, 0.29) is 0 Å². The standard InChI is InChI=1S/C15H26N2O2S2/c1-3-5-13-6-9-17(12-13)21(18,19)15-7-10-20-14(15)11-16-8-4-2/h7,10,13,16H,3-6,8-9,11-12H2,1-2H3. The highest BCUT2D eigenvalue weighted by Crippen LogP contribution is 2.30. The first-order chi connectivity index (χ1) is 10.1. The van der Waals surface area contributed by atoms with Gasteiger partial charge in [0.2, 0.25) is 10.0 Å². The number of sulfonamides is 1. The second-order valence-corrected chi connectivity index (χ2v) is 8.60. The van der Waals surface area contributed by atoms with Crippen molar-refractivity contribution in [2.45, 2.75) is 51.0 Å². The lowest BCUT2D eigenvalue weighted by atomic mass is 10.0. The maximum absolute atomic E-state index is 12.8. The van der Waals surface area contributed by atoms with Crippen LogP contribution in [0, 0.1) is 5.92 Å². The van der Waals surface area contributed by atoms with Crippen molar-refractivity contribution in [2.24, 2.45) is 5.92 Å². The lowest BCUT2D eigenvalue weighted by Crippen LogP contribution is -2.29. The van der Waals surface area contributed by atoms with E-state index in [0.29, 0.717) is 30.4 Å². The van der Waals surface area contributed by atoms with Crippen LogP contribution in [0.3, 0.4) is 0 Å². The predicted octanol–water partition coefficient (Wildman–Crippen LogP) is 3.06. The van der Waals surface area contributed by atoms with E-state index in [1.54, 1.807) is 10.4 Å². The number of thiophene rings is 1. The minimum atomic E-state index is -3.31. The average molecular weight is 331 g/mol. The Morgan fingerprint density at radius 3 is 2.90 bits per heavy atom. The van der Waals surface area contributed by atoms with Crippen LogP contribution >= 0.6 is 11.3 Å². The summed E-state index contributed by atoms with van der Waals surface area (Å²) in [5.41, 5.74) is 0. The molecule has 0 aliphatic carbocycles. The van der Waals surface area contributed by atoms with E-state index in [9.17, 15) is 8.42 Å². The fraction of sp³-hybridized carbons (Fsp3) is 0.733. The zero-order valence-corrected chi connectivity index (χ0v) is 14.6. The molecular weight excluding hydrogens is 304 g/mol. The molecule has 21 heavy (non-hydrogen) atoms. The minimum Gasteiger partial charge on any atom is -0.312 e. The van der Waals surface area contributed by atoms with Gasteiger partial charge in [0.25, 0.3) is 0 Å². The molecule has 0 aromatic carbocycles. The first-order valence-corrected chi connectivity index (χ1v) is 10.2. The Kier molecular flexibility index (Phi) is 6.22. The van der Waals surface area contributed by atoms with Crippen LogP contribution in [0.2, 0.25) is 0 Å². The van der Waals surface area contributed by atoms with Crippen LogP contribution in [-0.4, -0.2) is 32.4 Å². The van der Waals surface area contributed by atoms with Crippen molar-refractivity contribution >= 4 is 21.4 Å². The zero-order valence-electron chi connectivity index (χ0n) is 13.0. The number of nitrogens with zero attached hydrogens (tertiary/aromatic N) is 1. The van der Waals surface area contributed by atoms with E-state index in [2.05, 4.69) is 19.2 Å². The molecule has 0 spiro atoms. The SMILES string of the molecule is CCCNCc1sccc1S(=O)(=O)N1CCC(CCC)C1. The molecule has 1 aromatic heterocycles. The van der Waals surface area contributed by atoms with Gasteiger partial charge in [0.15, 0.2) is 0 Å². The molecule has 2 heterocycles. The Balaban J connectivity index is 2.08. The summed E-state index contributed by atoms with van der Waals surface area (Å²) in [6.07, 6.45) is 4.31. The molecule has 6 heteroatoms. The van der Waals surface area contributed by atoms with Crippen molar-refractivity contribution in [2.75, 3.05) is 19.6 Å². The summed E-state index contributed by atoms with van der Waals surface area (Å²) in [5, 5.41) is 5.18. The molecule has 1 aliphatic heterocycles. The van der Waals surface area contributed by atoms with Gasteiger partial charge >= 0.3 is 0 Å². The van der Waals surface area contributed by atoms with Crippen LogP contribution in [0.1, 0.15) is 44.4 Å². The van der Waals surface area contributed by atoms with Gasteiger partial charge in [0.05, 0.1) is 4.90 Å². The van der Waals surface area contributed by atoms with E-state index in [0.717, 1.165) is 37.1 Å². The summed E-state index contributed by atoms with van der Waals surface area (Å²) in [7, 11) is -3.31. The van der Waals surface area contributed by atoms with Crippen LogP contribution in [-0.2, 0) is 16.6 Å². The van der Waals surface area contributed by atoms with Crippen molar-refractivity contribution in [3.8, 4) is 0 Å². The second-order valence-electron chi connectivity index (χ2n) is 5.69. The molecule has 1 aliphatic rings. The van der Waals surface area contributed by atoms with Gasteiger partial charge in [0, 0.05) is 24.5 Å². The molecule has 1 fully saturated rings. The highest BCUT2D eigenvalue weighted by atomic mass is 32.2. The van der Waals surface area contributed by atoms with Gasteiger partial charge in [-0.05, 0) is 43.2 Å². The van der Waals surface area contributed by atoms with Gasteiger partial charge in [-0.15, -0.1) is 11.3 Å². The first kappa shape index (κ1) is 16.9. The maximum Gasteiger partial charge on any atom is 0.244 e. The highest BCUT2D eigenvalue weighted by molar-refractivity contribution is 7.89. The summed E-state index contributed by atoms with van der Waals surface area (Å²) in [6, 6.07) is 1.76. The molecule has 120 valence electrons. The molecular formula is C15H26N2O2S2. The molecule has 0 saturated carbocycles. The third-order valence-electron chi connectivity index (χ3n) is 3.98. The molecule has 1 atom stereocenters. The lowest BCUT2D eigenvalue weighted by molar-refractivity contribution is 0.444. The third-order valence-corrected chi connectivity index (χ3v) is 6.98. The largest absolute Gasteiger partial charge is 0.312 e. The third kappa shape index (κ3) is 4.06. The van der Waals surface area contributed by atoms with Crippen LogP contribution in [0.4, 0.5) is 0 Å². The second kappa shape index (κ2) is 7.72. The summed E-state index contributed by atoms with van der Waals surface area (Å²) in [4.78, 5) is 1.44. The normalized spacial score (nSPS) is 20.2. The summed E-state index contributed by atoms with van der Waals surface area (Å²) < 4.78 is 27.3.